The van der Waals surface area contributed by atoms with Crippen molar-refractivity contribution in [2.75, 3.05) is 52.4 Å². The Morgan fingerprint density at radius 1 is 1.20 bits per heavy atom. The van der Waals surface area contributed by atoms with E-state index in [4.69, 9.17) is 25.9 Å². The number of hydroxylamine groups is 1. The molecule has 2 aromatic carbocycles. The van der Waals surface area contributed by atoms with Crippen molar-refractivity contribution < 1.29 is 24.2 Å². The van der Waals surface area contributed by atoms with E-state index in [0.29, 0.717) is 36.2 Å². The van der Waals surface area contributed by atoms with Crippen LogP contribution in [0.15, 0.2) is 60.8 Å². The molecule has 2 aliphatic carbocycles. The molecule has 1 saturated carbocycles. The first-order chi connectivity index (χ1) is 21.7. The molecule has 5 atom stereocenters. The summed E-state index contributed by atoms with van der Waals surface area (Å²) in [4.78, 5) is 22.9. The standard InChI is InChI=1S/C36H46ClN3O5/c1-24-20-36(42,34(41)38-44-4)27-11-15-33-31(19-27)40(21-26-10-13-29(26)32(43-3)9-5-6-17-39(24)2)22-35(23-45-33)16-7-8-25-18-28(37)12-14-30(25)35/h5,9,11-12,14-15,18-19,26,29,32,42H,1,6-8,10,13,16-17,20-23H2,2-4H3,(H,38,41)/b9-5+/t26-,29+,32-,35-,36+/m0/s1. The summed E-state index contributed by atoms with van der Waals surface area (Å²) in [6.07, 6.45) is 10.5. The number of aliphatic hydroxyl groups is 1. The number of benzene rings is 2. The van der Waals surface area contributed by atoms with E-state index in [2.05, 4.69) is 41.2 Å². The second-order valence-electron chi connectivity index (χ2n) is 13.4. The molecule has 0 radical (unpaired) electrons. The van der Waals surface area contributed by atoms with Crippen LogP contribution in [0.1, 0.15) is 55.2 Å². The van der Waals surface area contributed by atoms with Gasteiger partial charge in [-0.25, -0.2) is 5.48 Å². The molecule has 1 spiro atoms. The number of carbonyl (C=O) groups is 1. The number of carbonyl (C=O) groups excluding carboxylic acids is 1. The number of ether oxygens (including phenoxy) is 2. The molecular weight excluding hydrogens is 590 g/mol. The van der Waals surface area contributed by atoms with Crippen molar-refractivity contribution in [1.29, 1.82) is 0 Å². The molecule has 6 rings (SSSR count). The van der Waals surface area contributed by atoms with Gasteiger partial charge in [-0.05, 0) is 91.3 Å². The maximum Gasteiger partial charge on any atom is 0.280 e. The van der Waals surface area contributed by atoms with Crippen LogP contribution in [0.5, 0.6) is 5.75 Å². The number of hydrogen-bond donors (Lipinski definition) is 2. The van der Waals surface area contributed by atoms with Crippen molar-refractivity contribution in [3.05, 3.63) is 82.5 Å². The molecule has 9 heteroatoms. The summed E-state index contributed by atoms with van der Waals surface area (Å²) in [5, 5.41) is 12.9. The van der Waals surface area contributed by atoms with E-state index in [-0.39, 0.29) is 17.9 Å². The average molecular weight is 636 g/mol. The summed E-state index contributed by atoms with van der Waals surface area (Å²) in [6.45, 7) is 7.06. The lowest BCUT2D eigenvalue weighted by Gasteiger charge is -2.46. The number of aryl methyl sites for hydroxylation is 1. The molecule has 242 valence electrons. The van der Waals surface area contributed by atoms with Gasteiger partial charge in [0.15, 0.2) is 5.60 Å². The maximum atomic E-state index is 13.5. The van der Waals surface area contributed by atoms with Crippen LogP contribution in [0.4, 0.5) is 5.69 Å². The molecule has 1 fully saturated rings. The smallest absolute Gasteiger partial charge is 0.280 e. The maximum absolute atomic E-state index is 13.5. The van der Waals surface area contributed by atoms with Crippen LogP contribution in [0.25, 0.3) is 0 Å². The van der Waals surface area contributed by atoms with Gasteiger partial charge in [-0.1, -0.05) is 42.5 Å². The first kappa shape index (κ1) is 31.9. The summed E-state index contributed by atoms with van der Waals surface area (Å²) in [5.74, 6) is 0.937. The number of hydrogen-bond acceptors (Lipinski definition) is 7. The summed E-state index contributed by atoms with van der Waals surface area (Å²) < 4.78 is 12.7. The van der Waals surface area contributed by atoms with E-state index >= 15 is 0 Å². The van der Waals surface area contributed by atoms with Crippen LogP contribution in [-0.2, 0) is 31.8 Å². The second kappa shape index (κ2) is 13.0. The van der Waals surface area contributed by atoms with E-state index < -0.39 is 11.5 Å². The van der Waals surface area contributed by atoms with E-state index in [1.165, 1.54) is 18.2 Å². The zero-order valence-electron chi connectivity index (χ0n) is 26.7. The zero-order valence-corrected chi connectivity index (χ0v) is 27.4. The lowest BCUT2D eigenvalue weighted by Crippen LogP contribution is -2.49. The Morgan fingerprint density at radius 2 is 2.04 bits per heavy atom. The van der Waals surface area contributed by atoms with E-state index in [0.717, 1.165) is 68.1 Å². The van der Waals surface area contributed by atoms with Crippen molar-refractivity contribution in [3.8, 4) is 5.75 Å². The number of rotatable bonds is 3. The monoisotopic (exact) mass is 635 g/mol. The number of amides is 1. The van der Waals surface area contributed by atoms with Gasteiger partial charge in [-0.2, -0.15) is 0 Å². The Labute approximate surface area is 271 Å². The minimum Gasteiger partial charge on any atom is -0.490 e. The van der Waals surface area contributed by atoms with Gasteiger partial charge >= 0.3 is 0 Å². The van der Waals surface area contributed by atoms with Gasteiger partial charge in [-0.3, -0.25) is 9.63 Å². The number of halogens is 1. The first-order valence-corrected chi connectivity index (χ1v) is 16.5. The number of nitrogens with one attached hydrogen (secondary N) is 1. The summed E-state index contributed by atoms with van der Waals surface area (Å²) in [7, 11) is 5.11. The Balaban J connectivity index is 1.47. The fourth-order valence-corrected chi connectivity index (χ4v) is 8.08. The number of nitrogens with zero attached hydrogens (tertiary/aromatic N) is 2. The molecule has 2 aromatic rings. The van der Waals surface area contributed by atoms with Gasteiger partial charge in [-0.15, -0.1) is 0 Å². The number of fused-ring (bicyclic) bond motifs is 4. The van der Waals surface area contributed by atoms with Gasteiger partial charge < -0.3 is 24.4 Å². The third kappa shape index (κ3) is 6.10. The highest BCUT2D eigenvalue weighted by Crippen LogP contribution is 2.48. The molecular formula is C36H46ClN3O5. The molecule has 2 bridgehead atoms. The minimum absolute atomic E-state index is 0.00548. The lowest BCUT2D eigenvalue weighted by atomic mass is 9.68. The molecule has 1 amide bonds. The Kier molecular flexibility index (Phi) is 9.21. The highest BCUT2D eigenvalue weighted by Gasteiger charge is 2.46. The third-order valence-corrected chi connectivity index (χ3v) is 10.9. The van der Waals surface area contributed by atoms with Crippen molar-refractivity contribution in [2.24, 2.45) is 11.8 Å². The van der Waals surface area contributed by atoms with Crippen molar-refractivity contribution in [1.82, 2.24) is 10.4 Å². The normalized spacial score (nSPS) is 30.8. The molecule has 0 aromatic heterocycles. The fraction of sp³-hybridized carbons (Fsp3) is 0.528. The average Bonchev–Trinajstić information content (AvgIpc) is 3.16. The lowest BCUT2D eigenvalue weighted by molar-refractivity contribution is -0.152. The predicted molar refractivity (Wildman–Crippen MR) is 176 cm³/mol. The van der Waals surface area contributed by atoms with Crippen molar-refractivity contribution >= 4 is 23.2 Å². The largest absolute Gasteiger partial charge is 0.490 e. The molecule has 8 nitrogen and oxygen atoms in total. The van der Waals surface area contributed by atoms with Gasteiger partial charge in [0.2, 0.25) is 0 Å². The minimum atomic E-state index is -1.91. The molecule has 2 heterocycles. The Morgan fingerprint density at radius 3 is 2.80 bits per heavy atom. The number of methoxy groups -OCH3 is 1. The molecule has 0 saturated heterocycles. The first-order valence-electron chi connectivity index (χ1n) is 16.1. The zero-order chi connectivity index (χ0) is 31.8. The second-order valence-corrected chi connectivity index (χ2v) is 13.8. The van der Waals surface area contributed by atoms with Crippen LogP contribution in [-0.4, -0.2) is 69.5 Å². The Bertz CT molecular complexity index is 1460. The molecule has 0 unspecified atom stereocenters. The third-order valence-electron chi connectivity index (χ3n) is 10.7. The van der Waals surface area contributed by atoms with Crippen LogP contribution in [0.2, 0.25) is 5.02 Å². The molecule has 4 aliphatic rings. The molecule has 2 N–H and O–H groups in total. The van der Waals surface area contributed by atoms with Gasteiger partial charge in [0.05, 0.1) is 25.5 Å². The summed E-state index contributed by atoms with van der Waals surface area (Å²) in [6, 6.07) is 11.9. The molecule has 45 heavy (non-hydrogen) atoms. The predicted octanol–water partition coefficient (Wildman–Crippen LogP) is 5.52. The van der Waals surface area contributed by atoms with Crippen LogP contribution < -0.4 is 15.1 Å². The Hall–Kier alpha value is -3.04. The topological polar surface area (TPSA) is 83.5 Å². The van der Waals surface area contributed by atoms with Gasteiger partial charge in [0, 0.05) is 56.3 Å². The number of anilines is 1. The van der Waals surface area contributed by atoms with Crippen LogP contribution >= 0.6 is 11.6 Å². The summed E-state index contributed by atoms with van der Waals surface area (Å²) >= 11 is 6.45. The summed E-state index contributed by atoms with van der Waals surface area (Å²) in [5.41, 5.74) is 4.84. The highest BCUT2D eigenvalue weighted by atomic mass is 35.5. The van der Waals surface area contributed by atoms with Gasteiger partial charge in [0.1, 0.15) is 5.75 Å². The van der Waals surface area contributed by atoms with Crippen molar-refractivity contribution in [3.63, 3.8) is 0 Å². The van der Waals surface area contributed by atoms with Gasteiger partial charge in [0.25, 0.3) is 5.91 Å². The van der Waals surface area contributed by atoms with E-state index in [1.54, 1.807) is 6.07 Å². The van der Waals surface area contributed by atoms with Crippen LogP contribution in [0, 0.1) is 11.8 Å². The SMILES string of the molecule is C=C1C[C@](O)(C(=O)NOC)c2ccc3c(c2)N(C[C@@H]2CC[C@H]2[C@@H](OC)/C=C/CCN1C)C[C@@]1(CCCc2cc(Cl)ccc21)CO3. The highest BCUT2D eigenvalue weighted by molar-refractivity contribution is 6.30. The van der Waals surface area contributed by atoms with E-state index in [1.807, 2.05) is 37.3 Å². The van der Waals surface area contributed by atoms with Crippen molar-refractivity contribution in [2.45, 2.75) is 62.1 Å². The quantitative estimate of drug-likeness (QED) is 0.340. The molecule has 2 aliphatic heterocycles. The fourth-order valence-electron chi connectivity index (χ4n) is 7.88. The van der Waals surface area contributed by atoms with Crippen LogP contribution in [0.3, 0.4) is 0 Å². The van der Waals surface area contributed by atoms with E-state index in [9.17, 15) is 9.90 Å².